The van der Waals surface area contributed by atoms with Gasteiger partial charge in [-0.1, -0.05) is 311 Å². The number of hydrogen-bond acceptors (Lipinski definition) is 6. The Labute approximate surface area is 496 Å². The molecule has 0 radical (unpaired) electrons. The fourth-order valence-electron chi connectivity index (χ4n) is 9.71. The van der Waals surface area contributed by atoms with Crippen LogP contribution in [-0.2, 0) is 28.6 Å². The first-order valence-electron chi connectivity index (χ1n) is 34.2. The summed E-state index contributed by atoms with van der Waals surface area (Å²) in [6, 6.07) is 0. The minimum atomic E-state index is -0.780. The van der Waals surface area contributed by atoms with Crippen molar-refractivity contribution in [2.45, 2.75) is 341 Å². The fraction of sp³-hybridized carbons (Fsp3) is 0.743. The maximum Gasteiger partial charge on any atom is 0.306 e. The molecule has 0 fully saturated rings. The first-order valence-corrected chi connectivity index (χ1v) is 34.2. The van der Waals surface area contributed by atoms with Gasteiger partial charge in [0.05, 0.1) is 0 Å². The van der Waals surface area contributed by atoms with Crippen molar-refractivity contribution in [1.29, 1.82) is 0 Å². The van der Waals surface area contributed by atoms with E-state index in [4.69, 9.17) is 14.2 Å². The predicted octanol–water partition coefficient (Wildman–Crippen LogP) is 23.6. The number of rotatable bonds is 62. The largest absolute Gasteiger partial charge is 0.462 e. The van der Waals surface area contributed by atoms with Crippen LogP contribution in [0.3, 0.4) is 0 Å². The van der Waals surface area contributed by atoms with Crippen LogP contribution in [-0.4, -0.2) is 37.2 Å². The minimum Gasteiger partial charge on any atom is -0.462 e. The van der Waals surface area contributed by atoms with Gasteiger partial charge in [-0.3, -0.25) is 14.4 Å². The van der Waals surface area contributed by atoms with Gasteiger partial charge in [0.15, 0.2) is 6.10 Å². The van der Waals surface area contributed by atoms with Gasteiger partial charge in [0.1, 0.15) is 13.2 Å². The van der Waals surface area contributed by atoms with Crippen molar-refractivity contribution in [3.05, 3.63) is 97.2 Å². The molecule has 0 bridgehead atoms. The van der Waals surface area contributed by atoms with Gasteiger partial charge in [0, 0.05) is 19.3 Å². The number of allylic oxidation sites excluding steroid dienone is 16. The second-order valence-electron chi connectivity index (χ2n) is 22.7. The second-order valence-corrected chi connectivity index (χ2v) is 22.7. The average molecular weight is 1110 g/mol. The second kappa shape index (κ2) is 67.8. The lowest BCUT2D eigenvalue weighted by Crippen LogP contribution is -2.30. The number of carbonyl (C=O) groups excluding carboxylic acids is 3. The standard InChI is InChI=1S/C74H128O6/c1-4-7-10-13-16-19-22-25-27-29-30-31-32-33-34-35-36-37-38-39-40-41-42-43-44-46-47-49-52-55-58-61-64-67-73(76)79-70-71(69-78-72(75)66-63-60-57-54-51-24-21-18-15-12-9-6-3)80-74(77)68-65-62-59-56-53-50-48-45-28-26-23-20-17-14-11-8-5-2/h7,10,16,18-19,21,25,27,30-31,33-34,36-37,39-40,71H,4-6,8-9,11-15,17,20,22-24,26,28-29,32,35,38,41-70H2,1-3H3/b10-7-,19-16-,21-18-,27-25-,31-30-,34-33-,37-36-,40-39-. The van der Waals surface area contributed by atoms with E-state index in [0.717, 1.165) is 109 Å². The Morgan fingerprint density at radius 1 is 0.263 bits per heavy atom. The van der Waals surface area contributed by atoms with Crippen LogP contribution in [0.1, 0.15) is 335 Å². The van der Waals surface area contributed by atoms with E-state index >= 15 is 0 Å². The van der Waals surface area contributed by atoms with Crippen molar-refractivity contribution in [2.75, 3.05) is 13.2 Å². The third-order valence-corrected chi connectivity index (χ3v) is 14.8. The van der Waals surface area contributed by atoms with E-state index in [-0.39, 0.29) is 31.1 Å². The van der Waals surface area contributed by atoms with E-state index in [1.165, 1.54) is 186 Å². The van der Waals surface area contributed by atoms with Crippen molar-refractivity contribution >= 4 is 17.9 Å². The zero-order valence-electron chi connectivity index (χ0n) is 52.8. The molecule has 0 saturated heterocycles. The SMILES string of the molecule is CC/C=C\C/C=C\C/C=C\C/C=C\C/C=C\C/C=C\C/C=C\CCCCCCCCCCCCCC(=O)OCC(COC(=O)CCCCCCC/C=C\CCCCC)OC(=O)CCCCCCCCCCCCCCCCCCC. The summed E-state index contributed by atoms with van der Waals surface area (Å²) in [7, 11) is 0. The highest BCUT2D eigenvalue weighted by molar-refractivity contribution is 5.71. The summed E-state index contributed by atoms with van der Waals surface area (Å²) < 4.78 is 16.9. The number of unbranched alkanes of at least 4 members (excludes halogenated alkanes) is 35. The molecule has 0 rings (SSSR count). The summed E-state index contributed by atoms with van der Waals surface area (Å²) in [4.78, 5) is 38.3. The summed E-state index contributed by atoms with van der Waals surface area (Å²) >= 11 is 0. The van der Waals surface area contributed by atoms with Gasteiger partial charge in [-0.2, -0.15) is 0 Å². The molecule has 0 aromatic heterocycles. The van der Waals surface area contributed by atoms with E-state index in [1.54, 1.807) is 0 Å². The molecule has 80 heavy (non-hydrogen) atoms. The Hall–Kier alpha value is -3.67. The zero-order chi connectivity index (χ0) is 57.8. The number of esters is 3. The van der Waals surface area contributed by atoms with Crippen LogP contribution >= 0.6 is 0 Å². The average Bonchev–Trinajstić information content (AvgIpc) is 3.46. The smallest absolute Gasteiger partial charge is 0.306 e. The van der Waals surface area contributed by atoms with Crippen LogP contribution < -0.4 is 0 Å². The highest BCUT2D eigenvalue weighted by Gasteiger charge is 2.19. The summed E-state index contributed by atoms with van der Waals surface area (Å²) in [5, 5.41) is 0. The van der Waals surface area contributed by atoms with Crippen molar-refractivity contribution in [1.82, 2.24) is 0 Å². The topological polar surface area (TPSA) is 78.9 Å². The molecule has 0 aliphatic rings. The molecule has 1 unspecified atom stereocenters. The molecule has 0 heterocycles. The van der Waals surface area contributed by atoms with Crippen molar-refractivity contribution in [3.63, 3.8) is 0 Å². The van der Waals surface area contributed by atoms with Gasteiger partial charge in [0.2, 0.25) is 0 Å². The molecular formula is C74H128O6. The third kappa shape index (κ3) is 65.1. The minimum absolute atomic E-state index is 0.0777. The first-order chi connectivity index (χ1) is 39.5. The molecule has 0 saturated carbocycles. The molecule has 0 aromatic rings. The quantitative estimate of drug-likeness (QED) is 0.0261. The van der Waals surface area contributed by atoms with Gasteiger partial charge in [-0.15, -0.1) is 0 Å². The number of carbonyl (C=O) groups is 3. The summed E-state index contributed by atoms with van der Waals surface area (Å²) in [6.45, 7) is 6.53. The lowest BCUT2D eigenvalue weighted by Gasteiger charge is -2.18. The van der Waals surface area contributed by atoms with Crippen molar-refractivity contribution in [3.8, 4) is 0 Å². The van der Waals surface area contributed by atoms with E-state index in [2.05, 4.69) is 118 Å². The Morgan fingerprint density at radius 2 is 0.487 bits per heavy atom. The first kappa shape index (κ1) is 76.3. The predicted molar refractivity (Wildman–Crippen MR) is 348 cm³/mol. The van der Waals surface area contributed by atoms with Gasteiger partial charge in [-0.25, -0.2) is 0 Å². The lowest BCUT2D eigenvalue weighted by molar-refractivity contribution is -0.167. The molecule has 0 N–H and O–H groups in total. The number of ether oxygens (including phenoxy) is 3. The highest BCUT2D eigenvalue weighted by Crippen LogP contribution is 2.17. The lowest BCUT2D eigenvalue weighted by atomic mass is 10.0. The number of hydrogen-bond donors (Lipinski definition) is 0. The summed E-state index contributed by atoms with van der Waals surface area (Å²) in [5.41, 5.74) is 0. The van der Waals surface area contributed by atoms with Gasteiger partial charge >= 0.3 is 17.9 Å². The van der Waals surface area contributed by atoms with Crippen LogP contribution in [0.5, 0.6) is 0 Å². The Kier molecular flexibility index (Phi) is 64.7. The Morgan fingerprint density at radius 3 is 0.800 bits per heavy atom. The Bertz CT molecular complexity index is 1560. The van der Waals surface area contributed by atoms with E-state index in [1.807, 2.05) is 0 Å². The van der Waals surface area contributed by atoms with Crippen LogP contribution in [0, 0.1) is 0 Å². The van der Waals surface area contributed by atoms with E-state index in [9.17, 15) is 14.4 Å². The van der Waals surface area contributed by atoms with E-state index < -0.39 is 6.10 Å². The summed E-state index contributed by atoms with van der Waals surface area (Å²) in [6.07, 6.45) is 91.4. The van der Waals surface area contributed by atoms with Gasteiger partial charge in [-0.05, 0) is 103 Å². The Balaban J connectivity index is 4.20. The molecule has 0 aliphatic heterocycles. The monoisotopic (exact) mass is 1110 g/mol. The van der Waals surface area contributed by atoms with Crippen LogP contribution in [0.2, 0.25) is 0 Å². The molecule has 0 spiro atoms. The van der Waals surface area contributed by atoms with Crippen molar-refractivity contribution in [2.24, 2.45) is 0 Å². The van der Waals surface area contributed by atoms with Crippen LogP contribution in [0.4, 0.5) is 0 Å². The fourth-order valence-corrected chi connectivity index (χ4v) is 9.71. The molecule has 460 valence electrons. The third-order valence-electron chi connectivity index (χ3n) is 14.8. The zero-order valence-corrected chi connectivity index (χ0v) is 52.8. The molecule has 0 aliphatic carbocycles. The maximum atomic E-state index is 12.9. The normalized spacial score (nSPS) is 12.7. The molecule has 1 atom stereocenters. The molecular weight excluding hydrogens is 985 g/mol. The van der Waals surface area contributed by atoms with Crippen LogP contribution in [0.15, 0.2) is 97.2 Å². The molecule has 0 aromatic carbocycles. The maximum absolute atomic E-state index is 12.9. The van der Waals surface area contributed by atoms with Gasteiger partial charge in [0.25, 0.3) is 0 Å². The van der Waals surface area contributed by atoms with Crippen LogP contribution in [0.25, 0.3) is 0 Å². The highest BCUT2D eigenvalue weighted by atomic mass is 16.6. The van der Waals surface area contributed by atoms with E-state index in [0.29, 0.717) is 19.3 Å². The molecule has 6 heteroatoms. The van der Waals surface area contributed by atoms with Crippen molar-refractivity contribution < 1.29 is 28.6 Å². The molecule has 0 amide bonds. The van der Waals surface area contributed by atoms with Gasteiger partial charge < -0.3 is 14.2 Å². The molecule has 6 nitrogen and oxygen atoms in total. The summed E-state index contributed by atoms with van der Waals surface area (Å²) in [5.74, 6) is -0.874.